The predicted molar refractivity (Wildman–Crippen MR) is 80.1 cm³/mol. The van der Waals surface area contributed by atoms with Crippen LogP contribution in [0.2, 0.25) is 0 Å². The third kappa shape index (κ3) is 4.02. The van der Waals surface area contributed by atoms with Crippen molar-refractivity contribution in [2.75, 3.05) is 12.4 Å². The summed E-state index contributed by atoms with van der Waals surface area (Å²) >= 11 is 0. The van der Waals surface area contributed by atoms with Gasteiger partial charge in [0.05, 0.1) is 24.6 Å². The summed E-state index contributed by atoms with van der Waals surface area (Å²) in [6.07, 6.45) is 3.29. The van der Waals surface area contributed by atoms with Crippen LogP contribution >= 0.6 is 0 Å². The van der Waals surface area contributed by atoms with Crippen LogP contribution in [0.15, 0.2) is 41.0 Å². The highest BCUT2D eigenvalue weighted by atomic mass is 16.5. The second kappa shape index (κ2) is 6.83. The Hall–Kier alpha value is -2.43. The molecule has 1 aromatic carbocycles. The van der Waals surface area contributed by atoms with Crippen molar-refractivity contribution < 1.29 is 19.1 Å². The molecule has 0 fully saturated rings. The highest BCUT2D eigenvalue weighted by Crippen LogP contribution is 2.24. The van der Waals surface area contributed by atoms with E-state index in [-0.39, 0.29) is 11.6 Å². The van der Waals surface area contributed by atoms with E-state index in [4.69, 9.17) is 9.15 Å². The summed E-state index contributed by atoms with van der Waals surface area (Å²) in [5.41, 5.74) is 0.800. The molecule has 0 aliphatic carbocycles. The Balaban J connectivity index is 2.04. The first-order valence-electron chi connectivity index (χ1n) is 6.80. The molecule has 1 heterocycles. The zero-order valence-corrected chi connectivity index (χ0v) is 12.1. The van der Waals surface area contributed by atoms with Crippen molar-refractivity contribution in [2.24, 2.45) is 0 Å². The summed E-state index contributed by atoms with van der Waals surface area (Å²) < 4.78 is 10.4. The number of carboxylic acid groups (broad SMARTS) is 1. The fourth-order valence-electron chi connectivity index (χ4n) is 2.11. The molecule has 0 aliphatic heterocycles. The van der Waals surface area contributed by atoms with E-state index in [1.54, 1.807) is 31.6 Å². The average Bonchev–Trinajstić information content (AvgIpc) is 2.98. The van der Waals surface area contributed by atoms with Gasteiger partial charge in [-0.15, -0.1) is 0 Å². The van der Waals surface area contributed by atoms with Crippen LogP contribution in [0.5, 0.6) is 5.75 Å². The smallest absolute Gasteiger partial charge is 0.337 e. The molecule has 2 N–H and O–H groups in total. The van der Waals surface area contributed by atoms with Gasteiger partial charge in [0.1, 0.15) is 11.5 Å². The van der Waals surface area contributed by atoms with Gasteiger partial charge in [0.15, 0.2) is 0 Å². The normalized spacial score (nSPS) is 11.9. The van der Waals surface area contributed by atoms with Crippen LogP contribution in [0.25, 0.3) is 0 Å². The molecule has 0 saturated heterocycles. The van der Waals surface area contributed by atoms with Gasteiger partial charge in [-0.25, -0.2) is 4.79 Å². The molecule has 0 spiro atoms. The minimum atomic E-state index is -0.960. The standard InChI is InChI=1S/C16H19NO4/c1-11(5-6-12-4-3-9-21-12)17-15-10-13(20-2)7-8-14(15)16(18)19/h3-4,7-11,17H,5-6H2,1-2H3,(H,18,19). The first-order chi connectivity index (χ1) is 10.1. The Bertz CT molecular complexity index is 592. The molecule has 2 aromatic rings. The van der Waals surface area contributed by atoms with Crippen molar-refractivity contribution in [3.8, 4) is 5.75 Å². The molecule has 0 amide bonds. The molecule has 21 heavy (non-hydrogen) atoms. The monoisotopic (exact) mass is 289 g/mol. The quantitative estimate of drug-likeness (QED) is 0.817. The molecule has 0 aliphatic rings. The molecule has 0 bridgehead atoms. The summed E-state index contributed by atoms with van der Waals surface area (Å²) in [5, 5.41) is 12.5. The van der Waals surface area contributed by atoms with Gasteiger partial charge in [0.25, 0.3) is 0 Å². The lowest BCUT2D eigenvalue weighted by Gasteiger charge is -2.17. The van der Waals surface area contributed by atoms with Crippen LogP contribution in [0, 0.1) is 0 Å². The molecule has 2 rings (SSSR count). The molecule has 112 valence electrons. The lowest BCUT2D eigenvalue weighted by atomic mass is 10.1. The van der Waals surface area contributed by atoms with Gasteiger partial charge in [0.2, 0.25) is 0 Å². The maximum Gasteiger partial charge on any atom is 0.337 e. The molecule has 5 nitrogen and oxygen atoms in total. The molecular weight excluding hydrogens is 270 g/mol. The highest BCUT2D eigenvalue weighted by molar-refractivity contribution is 5.94. The van der Waals surface area contributed by atoms with Gasteiger partial charge in [-0.05, 0) is 37.6 Å². The third-order valence-corrected chi connectivity index (χ3v) is 3.26. The van der Waals surface area contributed by atoms with Gasteiger partial charge in [-0.2, -0.15) is 0 Å². The van der Waals surface area contributed by atoms with Crippen molar-refractivity contribution in [3.05, 3.63) is 47.9 Å². The molecule has 1 aromatic heterocycles. The van der Waals surface area contributed by atoms with Crippen LogP contribution in [0.4, 0.5) is 5.69 Å². The zero-order chi connectivity index (χ0) is 15.2. The Morgan fingerprint density at radius 1 is 1.43 bits per heavy atom. The SMILES string of the molecule is COc1ccc(C(=O)O)c(NC(C)CCc2ccco2)c1. The third-order valence-electron chi connectivity index (χ3n) is 3.26. The van der Waals surface area contributed by atoms with E-state index in [1.165, 1.54) is 0 Å². The Morgan fingerprint density at radius 2 is 2.24 bits per heavy atom. The van der Waals surface area contributed by atoms with Crippen LogP contribution in [-0.4, -0.2) is 24.2 Å². The second-order valence-corrected chi connectivity index (χ2v) is 4.88. The number of hydrogen-bond donors (Lipinski definition) is 2. The topological polar surface area (TPSA) is 71.7 Å². The van der Waals surface area contributed by atoms with Crippen LogP contribution < -0.4 is 10.1 Å². The molecule has 1 atom stereocenters. The highest BCUT2D eigenvalue weighted by Gasteiger charge is 2.13. The average molecular weight is 289 g/mol. The number of ether oxygens (including phenoxy) is 1. The van der Waals surface area contributed by atoms with Gasteiger partial charge in [-0.1, -0.05) is 0 Å². The number of nitrogens with one attached hydrogen (secondary N) is 1. The van der Waals surface area contributed by atoms with E-state index in [2.05, 4.69) is 5.32 Å². The molecule has 5 heteroatoms. The van der Waals surface area contributed by atoms with E-state index < -0.39 is 5.97 Å². The summed E-state index contributed by atoms with van der Waals surface area (Å²) in [5.74, 6) is 0.590. The summed E-state index contributed by atoms with van der Waals surface area (Å²) in [7, 11) is 1.56. The Morgan fingerprint density at radius 3 is 2.86 bits per heavy atom. The number of carboxylic acids is 1. The number of aryl methyl sites for hydroxylation is 1. The number of furan rings is 1. The van der Waals surface area contributed by atoms with E-state index >= 15 is 0 Å². The molecular formula is C16H19NO4. The van der Waals surface area contributed by atoms with Crippen molar-refractivity contribution >= 4 is 11.7 Å². The number of carbonyl (C=O) groups is 1. The lowest BCUT2D eigenvalue weighted by molar-refractivity contribution is 0.0698. The van der Waals surface area contributed by atoms with Crippen molar-refractivity contribution in [1.82, 2.24) is 0 Å². The first-order valence-corrected chi connectivity index (χ1v) is 6.80. The van der Waals surface area contributed by atoms with Gasteiger partial charge >= 0.3 is 5.97 Å². The van der Waals surface area contributed by atoms with Crippen molar-refractivity contribution in [1.29, 1.82) is 0 Å². The van der Waals surface area contributed by atoms with Crippen LogP contribution in [0.1, 0.15) is 29.5 Å². The summed E-state index contributed by atoms with van der Waals surface area (Å²) in [4.78, 5) is 11.3. The Labute approximate surface area is 123 Å². The van der Waals surface area contributed by atoms with E-state index in [0.29, 0.717) is 11.4 Å². The number of hydrogen-bond acceptors (Lipinski definition) is 4. The minimum absolute atomic E-state index is 0.111. The fraction of sp³-hybridized carbons (Fsp3) is 0.312. The Kier molecular flexibility index (Phi) is 4.87. The maximum atomic E-state index is 11.3. The number of aromatic carboxylic acids is 1. The number of rotatable bonds is 7. The first kappa shape index (κ1) is 15.0. The zero-order valence-electron chi connectivity index (χ0n) is 12.1. The fourth-order valence-corrected chi connectivity index (χ4v) is 2.11. The van der Waals surface area contributed by atoms with Gasteiger partial charge < -0.3 is 19.6 Å². The van der Waals surface area contributed by atoms with Crippen LogP contribution in [-0.2, 0) is 6.42 Å². The van der Waals surface area contributed by atoms with Crippen molar-refractivity contribution in [3.63, 3.8) is 0 Å². The van der Waals surface area contributed by atoms with E-state index in [0.717, 1.165) is 18.6 Å². The minimum Gasteiger partial charge on any atom is -0.497 e. The summed E-state index contributed by atoms with van der Waals surface area (Å²) in [6.45, 7) is 2.01. The lowest BCUT2D eigenvalue weighted by Crippen LogP contribution is -2.18. The molecule has 1 unspecified atom stereocenters. The van der Waals surface area contributed by atoms with E-state index in [1.807, 2.05) is 19.1 Å². The predicted octanol–water partition coefficient (Wildman–Crippen LogP) is 3.42. The molecule has 0 saturated carbocycles. The van der Waals surface area contributed by atoms with Crippen LogP contribution in [0.3, 0.4) is 0 Å². The number of methoxy groups -OCH3 is 1. The van der Waals surface area contributed by atoms with E-state index in [9.17, 15) is 9.90 Å². The summed E-state index contributed by atoms with van der Waals surface area (Å²) in [6, 6.07) is 8.79. The largest absolute Gasteiger partial charge is 0.497 e. The van der Waals surface area contributed by atoms with Gasteiger partial charge in [-0.3, -0.25) is 0 Å². The van der Waals surface area contributed by atoms with Gasteiger partial charge in [0, 0.05) is 18.5 Å². The van der Waals surface area contributed by atoms with Crippen molar-refractivity contribution in [2.45, 2.75) is 25.8 Å². The second-order valence-electron chi connectivity index (χ2n) is 4.88. The maximum absolute atomic E-state index is 11.3. The molecule has 0 radical (unpaired) electrons. The number of anilines is 1. The number of benzene rings is 1.